The minimum Gasteiger partial charge on any atom is -0.496 e. The van der Waals surface area contributed by atoms with E-state index in [0.717, 1.165) is 27.4 Å². The topological polar surface area (TPSA) is 55.5 Å². The van der Waals surface area contributed by atoms with Gasteiger partial charge in [0.05, 0.1) is 25.5 Å². The van der Waals surface area contributed by atoms with E-state index in [1.54, 1.807) is 19.6 Å². The van der Waals surface area contributed by atoms with Crippen LogP contribution in [0.3, 0.4) is 0 Å². The number of aliphatic hydroxyl groups is 1. The summed E-state index contributed by atoms with van der Waals surface area (Å²) in [5.41, 5.74) is 2.31. The quantitative estimate of drug-likeness (QED) is 0.733. The first-order valence-corrected chi connectivity index (χ1v) is 5.27. The van der Waals surface area contributed by atoms with Crippen LogP contribution in [0.1, 0.15) is 5.56 Å². The average Bonchev–Trinajstić information content (AvgIpc) is 2.85. The Morgan fingerprint density at radius 2 is 2.29 bits per heavy atom. The lowest BCUT2D eigenvalue weighted by atomic mass is 10.1. The molecule has 0 saturated carbocycles. The van der Waals surface area contributed by atoms with Crippen molar-refractivity contribution in [1.82, 2.24) is 4.98 Å². The highest BCUT2D eigenvalue weighted by molar-refractivity contribution is 6.02. The predicted molar refractivity (Wildman–Crippen MR) is 64.0 cm³/mol. The number of methoxy groups -OCH3 is 1. The third kappa shape index (κ3) is 1.45. The molecule has 0 amide bonds. The Labute approximate surface area is 97.4 Å². The highest BCUT2D eigenvalue weighted by Crippen LogP contribution is 2.30. The third-order valence-corrected chi connectivity index (χ3v) is 2.85. The van der Waals surface area contributed by atoms with Crippen LogP contribution in [0.2, 0.25) is 0 Å². The van der Waals surface area contributed by atoms with Crippen LogP contribution in [-0.4, -0.2) is 17.2 Å². The van der Waals surface area contributed by atoms with Crippen molar-refractivity contribution in [2.45, 2.75) is 6.61 Å². The molecule has 0 fully saturated rings. The summed E-state index contributed by atoms with van der Waals surface area (Å²) in [6.45, 7) is -0.0732. The number of aromatic nitrogens is 1. The summed E-state index contributed by atoms with van der Waals surface area (Å²) in [4.78, 5) is 4.34. The van der Waals surface area contributed by atoms with Crippen LogP contribution in [0.4, 0.5) is 0 Å². The number of furan rings is 1. The number of rotatable bonds is 2. The van der Waals surface area contributed by atoms with Gasteiger partial charge in [-0.3, -0.25) is 4.98 Å². The molecular weight excluding hydrogens is 218 g/mol. The molecule has 0 bridgehead atoms. The first kappa shape index (κ1) is 10.1. The van der Waals surface area contributed by atoms with E-state index in [1.807, 2.05) is 18.2 Å². The van der Waals surface area contributed by atoms with Gasteiger partial charge in [0.25, 0.3) is 0 Å². The second-order valence-electron chi connectivity index (χ2n) is 3.80. The second-order valence-corrected chi connectivity index (χ2v) is 3.80. The fourth-order valence-corrected chi connectivity index (χ4v) is 2.00. The van der Waals surface area contributed by atoms with Crippen molar-refractivity contribution in [2.75, 3.05) is 7.11 Å². The van der Waals surface area contributed by atoms with E-state index >= 15 is 0 Å². The molecule has 3 aromatic rings. The molecule has 17 heavy (non-hydrogen) atoms. The molecule has 0 spiro atoms. The first-order valence-electron chi connectivity index (χ1n) is 5.27. The smallest absolute Gasteiger partial charge is 0.144 e. The standard InChI is InChI=1S/C13H11NO3/c1-16-12-5-11-10(4-9(12)7-15)13-8(6-14-11)2-3-17-13/h2-6,15H,7H2,1H3. The summed E-state index contributed by atoms with van der Waals surface area (Å²) >= 11 is 0. The van der Waals surface area contributed by atoms with Crippen molar-refractivity contribution in [2.24, 2.45) is 0 Å². The summed E-state index contributed by atoms with van der Waals surface area (Å²) < 4.78 is 10.6. The van der Waals surface area contributed by atoms with Crippen LogP contribution in [0, 0.1) is 0 Å². The van der Waals surface area contributed by atoms with Gasteiger partial charge in [0, 0.05) is 28.6 Å². The molecule has 0 atom stereocenters. The van der Waals surface area contributed by atoms with Gasteiger partial charge in [0.1, 0.15) is 11.3 Å². The Kier molecular flexibility index (Phi) is 2.23. The number of ether oxygens (including phenoxy) is 1. The van der Waals surface area contributed by atoms with Crippen molar-refractivity contribution >= 4 is 21.9 Å². The van der Waals surface area contributed by atoms with Crippen molar-refractivity contribution < 1.29 is 14.3 Å². The van der Waals surface area contributed by atoms with E-state index in [4.69, 9.17) is 9.15 Å². The van der Waals surface area contributed by atoms with Crippen molar-refractivity contribution in [3.05, 3.63) is 36.2 Å². The second kappa shape index (κ2) is 3.75. The number of benzene rings is 1. The maximum atomic E-state index is 9.30. The van der Waals surface area contributed by atoms with Crippen LogP contribution < -0.4 is 4.74 Å². The minimum atomic E-state index is -0.0732. The van der Waals surface area contributed by atoms with Gasteiger partial charge in [-0.15, -0.1) is 0 Å². The maximum Gasteiger partial charge on any atom is 0.144 e. The fourth-order valence-electron chi connectivity index (χ4n) is 2.00. The van der Waals surface area contributed by atoms with Gasteiger partial charge in [-0.1, -0.05) is 0 Å². The summed E-state index contributed by atoms with van der Waals surface area (Å²) in [7, 11) is 1.58. The van der Waals surface area contributed by atoms with Crippen molar-refractivity contribution in [1.29, 1.82) is 0 Å². The monoisotopic (exact) mass is 229 g/mol. The first-order chi connectivity index (χ1) is 8.33. The van der Waals surface area contributed by atoms with Gasteiger partial charge in [0.15, 0.2) is 0 Å². The van der Waals surface area contributed by atoms with E-state index in [1.165, 1.54) is 0 Å². The molecule has 3 rings (SSSR count). The lowest BCUT2D eigenvalue weighted by Gasteiger charge is -2.07. The SMILES string of the molecule is COc1cc2ncc3ccoc3c2cc1CO. The summed E-state index contributed by atoms with van der Waals surface area (Å²) in [5.74, 6) is 0.637. The molecule has 1 aromatic carbocycles. The molecule has 2 aromatic heterocycles. The Bertz CT molecular complexity index is 688. The van der Waals surface area contributed by atoms with Crippen LogP contribution in [0.25, 0.3) is 21.9 Å². The van der Waals surface area contributed by atoms with Gasteiger partial charge in [-0.2, -0.15) is 0 Å². The van der Waals surface area contributed by atoms with E-state index in [-0.39, 0.29) is 6.61 Å². The zero-order valence-electron chi connectivity index (χ0n) is 9.30. The number of nitrogens with zero attached hydrogens (tertiary/aromatic N) is 1. The Morgan fingerprint density at radius 3 is 3.06 bits per heavy atom. The lowest BCUT2D eigenvalue weighted by Crippen LogP contribution is -1.93. The Hall–Kier alpha value is -2.07. The molecule has 0 saturated heterocycles. The highest BCUT2D eigenvalue weighted by atomic mass is 16.5. The predicted octanol–water partition coefficient (Wildman–Crippen LogP) is 2.48. The van der Waals surface area contributed by atoms with Crippen LogP contribution in [0.15, 0.2) is 35.1 Å². The number of aliphatic hydroxyl groups excluding tert-OH is 1. The number of hydrogen-bond donors (Lipinski definition) is 1. The van der Waals surface area contributed by atoms with Gasteiger partial charge in [-0.25, -0.2) is 0 Å². The molecule has 0 radical (unpaired) electrons. The van der Waals surface area contributed by atoms with Gasteiger partial charge in [-0.05, 0) is 12.1 Å². The number of pyridine rings is 1. The molecule has 1 N–H and O–H groups in total. The Balaban J connectivity index is 2.42. The zero-order chi connectivity index (χ0) is 11.8. The Morgan fingerprint density at radius 1 is 1.41 bits per heavy atom. The lowest BCUT2D eigenvalue weighted by molar-refractivity contribution is 0.274. The van der Waals surface area contributed by atoms with Gasteiger partial charge < -0.3 is 14.3 Å². The highest BCUT2D eigenvalue weighted by Gasteiger charge is 2.10. The minimum absolute atomic E-state index is 0.0732. The van der Waals surface area contributed by atoms with E-state index in [0.29, 0.717) is 5.75 Å². The zero-order valence-corrected chi connectivity index (χ0v) is 9.30. The summed E-state index contributed by atoms with van der Waals surface area (Å²) in [6, 6.07) is 5.53. The molecule has 0 aliphatic carbocycles. The van der Waals surface area contributed by atoms with E-state index < -0.39 is 0 Å². The normalized spacial score (nSPS) is 11.2. The van der Waals surface area contributed by atoms with Crippen LogP contribution in [-0.2, 0) is 6.61 Å². The molecule has 4 heteroatoms. The van der Waals surface area contributed by atoms with Crippen LogP contribution >= 0.6 is 0 Å². The third-order valence-electron chi connectivity index (χ3n) is 2.85. The average molecular weight is 229 g/mol. The summed E-state index contributed by atoms with van der Waals surface area (Å²) in [6.07, 6.45) is 3.40. The van der Waals surface area contributed by atoms with Crippen molar-refractivity contribution in [3.63, 3.8) is 0 Å². The molecule has 86 valence electrons. The van der Waals surface area contributed by atoms with E-state index in [2.05, 4.69) is 4.98 Å². The molecule has 0 aliphatic heterocycles. The number of fused-ring (bicyclic) bond motifs is 3. The largest absolute Gasteiger partial charge is 0.496 e. The van der Waals surface area contributed by atoms with E-state index in [9.17, 15) is 5.11 Å². The van der Waals surface area contributed by atoms with Gasteiger partial charge >= 0.3 is 0 Å². The molecule has 4 nitrogen and oxygen atoms in total. The maximum absolute atomic E-state index is 9.30. The molecule has 0 unspecified atom stereocenters. The fraction of sp³-hybridized carbons (Fsp3) is 0.154. The number of hydrogen-bond acceptors (Lipinski definition) is 4. The molecular formula is C13H11NO3. The molecule has 0 aliphatic rings. The molecule has 2 heterocycles. The van der Waals surface area contributed by atoms with Gasteiger partial charge in [0.2, 0.25) is 0 Å². The summed E-state index contributed by atoms with van der Waals surface area (Å²) in [5, 5.41) is 11.1. The van der Waals surface area contributed by atoms with Crippen molar-refractivity contribution in [3.8, 4) is 5.75 Å². The van der Waals surface area contributed by atoms with Crippen LogP contribution in [0.5, 0.6) is 5.75 Å².